The van der Waals surface area contributed by atoms with Crippen LogP contribution in [-0.2, 0) is 6.54 Å². The van der Waals surface area contributed by atoms with Gasteiger partial charge in [0, 0.05) is 29.7 Å². The Morgan fingerprint density at radius 3 is 2.62 bits per heavy atom. The fraction of sp³-hybridized carbons (Fsp3) is 0.294. The molecule has 4 heteroatoms. The maximum Gasteiger partial charge on any atom is 0.128 e. The number of rotatable bonds is 5. The molecule has 2 N–H and O–H groups in total. The van der Waals surface area contributed by atoms with Crippen molar-refractivity contribution in [3.8, 4) is 0 Å². The van der Waals surface area contributed by atoms with Crippen LogP contribution in [0, 0.1) is 12.7 Å². The highest BCUT2D eigenvalue weighted by atomic mass is 35.5. The van der Waals surface area contributed by atoms with Crippen molar-refractivity contribution in [1.82, 2.24) is 4.90 Å². The van der Waals surface area contributed by atoms with Crippen molar-refractivity contribution in [3.63, 3.8) is 0 Å². The summed E-state index contributed by atoms with van der Waals surface area (Å²) in [5, 5.41) is 0.713. The van der Waals surface area contributed by atoms with Gasteiger partial charge in [0.1, 0.15) is 5.82 Å². The number of benzene rings is 2. The average molecular weight is 307 g/mol. The van der Waals surface area contributed by atoms with E-state index in [0.29, 0.717) is 23.7 Å². The third kappa shape index (κ3) is 3.82. The van der Waals surface area contributed by atoms with E-state index in [2.05, 4.69) is 0 Å². The third-order valence-corrected chi connectivity index (χ3v) is 4.01. The van der Waals surface area contributed by atoms with Gasteiger partial charge in [-0.1, -0.05) is 47.5 Å². The molecule has 2 aromatic rings. The molecule has 0 fully saturated rings. The fourth-order valence-corrected chi connectivity index (χ4v) is 2.66. The second-order valence-electron chi connectivity index (χ2n) is 5.28. The van der Waals surface area contributed by atoms with E-state index < -0.39 is 0 Å². The standard InChI is InChI=1S/C17H20ClFN2/c1-12-7-8-16(19)14(9-12)17(10-20)21(2)11-13-5-3-4-6-15(13)18/h3-9,17H,10-11,20H2,1-2H3. The number of likely N-dealkylation sites (N-methyl/N-ethyl adjacent to an activating group) is 1. The van der Waals surface area contributed by atoms with Crippen molar-refractivity contribution in [3.05, 3.63) is 70.0 Å². The van der Waals surface area contributed by atoms with E-state index >= 15 is 0 Å². The number of halogens is 2. The van der Waals surface area contributed by atoms with Crippen molar-refractivity contribution < 1.29 is 4.39 Å². The van der Waals surface area contributed by atoms with Crippen molar-refractivity contribution in [1.29, 1.82) is 0 Å². The van der Waals surface area contributed by atoms with Crippen LogP contribution in [0.2, 0.25) is 5.02 Å². The molecular weight excluding hydrogens is 287 g/mol. The molecule has 0 radical (unpaired) electrons. The second-order valence-corrected chi connectivity index (χ2v) is 5.69. The highest BCUT2D eigenvalue weighted by Gasteiger charge is 2.20. The van der Waals surface area contributed by atoms with Crippen LogP contribution in [0.4, 0.5) is 4.39 Å². The fourth-order valence-electron chi connectivity index (χ4n) is 2.47. The van der Waals surface area contributed by atoms with Gasteiger partial charge in [-0.25, -0.2) is 4.39 Å². The van der Waals surface area contributed by atoms with Crippen LogP contribution in [-0.4, -0.2) is 18.5 Å². The van der Waals surface area contributed by atoms with Gasteiger partial charge in [-0.2, -0.15) is 0 Å². The SMILES string of the molecule is Cc1ccc(F)c(C(CN)N(C)Cc2ccccc2Cl)c1. The average Bonchev–Trinajstić information content (AvgIpc) is 2.46. The van der Waals surface area contributed by atoms with E-state index in [1.807, 2.05) is 49.2 Å². The Hall–Kier alpha value is -1.42. The maximum absolute atomic E-state index is 14.1. The van der Waals surface area contributed by atoms with Crippen LogP contribution in [0.25, 0.3) is 0 Å². The summed E-state index contributed by atoms with van der Waals surface area (Å²) in [6.45, 7) is 2.92. The van der Waals surface area contributed by atoms with Crippen LogP contribution >= 0.6 is 11.6 Å². The van der Waals surface area contributed by atoms with Gasteiger partial charge in [0.25, 0.3) is 0 Å². The molecule has 0 bridgehead atoms. The predicted octanol–water partition coefficient (Wildman–Crippen LogP) is 3.92. The first-order valence-corrected chi connectivity index (χ1v) is 7.30. The molecule has 0 saturated carbocycles. The Morgan fingerprint density at radius 1 is 1.24 bits per heavy atom. The molecule has 2 nitrogen and oxygen atoms in total. The molecule has 0 saturated heterocycles. The Labute approximate surface area is 130 Å². The van der Waals surface area contributed by atoms with Crippen molar-refractivity contribution in [2.45, 2.75) is 19.5 Å². The molecule has 0 aromatic heterocycles. The monoisotopic (exact) mass is 306 g/mol. The van der Waals surface area contributed by atoms with Gasteiger partial charge in [0.15, 0.2) is 0 Å². The molecular formula is C17H20ClFN2. The van der Waals surface area contributed by atoms with Crippen LogP contribution in [0.3, 0.4) is 0 Å². The zero-order valence-electron chi connectivity index (χ0n) is 12.3. The highest BCUT2D eigenvalue weighted by molar-refractivity contribution is 6.31. The van der Waals surface area contributed by atoms with Crippen molar-refractivity contribution in [2.75, 3.05) is 13.6 Å². The topological polar surface area (TPSA) is 29.3 Å². The molecule has 1 unspecified atom stereocenters. The number of hydrogen-bond donors (Lipinski definition) is 1. The summed E-state index contributed by atoms with van der Waals surface area (Å²) in [5.74, 6) is -0.220. The van der Waals surface area contributed by atoms with E-state index in [1.54, 1.807) is 6.07 Å². The molecule has 112 valence electrons. The quantitative estimate of drug-likeness (QED) is 0.907. The summed E-state index contributed by atoms with van der Waals surface area (Å²) < 4.78 is 14.1. The predicted molar refractivity (Wildman–Crippen MR) is 85.9 cm³/mol. The lowest BCUT2D eigenvalue weighted by Crippen LogP contribution is -2.31. The molecule has 2 aromatic carbocycles. The van der Waals surface area contributed by atoms with Gasteiger partial charge in [-0.3, -0.25) is 4.90 Å². The van der Waals surface area contributed by atoms with Crippen molar-refractivity contribution >= 4 is 11.6 Å². The van der Waals surface area contributed by atoms with Crippen LogP contribution in [0.1, 0.15) is 22.7 Å². The van der Waals surface area contributed by atoms with Gasteiger partial charge < -0.3 is 5.73 Å². The third-order valence-electron chi connectivity index (χ3n) is 3.64. The molecule has 0 aliphatic carbocycles. The molecule has 0 aliphatic heterocycles. The molecule has 0 aliphatic rings. The van der Waals surface area contributed by atoms with E-state index in [1.165, 1.54) is 6.07 Å². The number of hydrogen-bond acceptors (Lipinski definition) is 2. The van der Waals surface area contributed by atoms with E-state index in [0.717, 1.165) is 11.1 Å². The Bertz CT molecular complexity index is 615. The lowest BCUT2D eigenvalue weighted by molar-refractivity contribution is 0.236. The van der Waals surface area contributed by atoms with E-state index in [4.69, 9.17) is 17.3 Å². The zero-order valence-corrected chi connectivity index (χ0v) is 13.1. The van der Waals surface area contributed by atoms with Crippen molar-refractivity contribution in [2.24, 2.45) is 5.73 Å². The highest BCUT2D eigenvalue weighted by Crippen LogP contribution is 2.25. The summed E-state index contributed by atoms with van der Waals surface area (Å²) >= 11 is 6.19. The minimum absolute atomic E-state index is 0.179. The first-order valence-electron chi connectivity index (χ1n) is 6.92. The Morgan fingerprint density at radius 2 is 1.95 bits per heavy atom. The molecule has 0 amide bonds. The van der Waals surface area contributed by atoms with Crippen LogP contribution < -0.4 is 5.73 Å². The van der Waals surface area contributed by atoms with Gasteiger partial charge in [0.2, 0.25) is 0 Å². The zero-order chi connectivity index (χ0) is 15.4. The molecule has 0 spiro atoms. The van der Waals surface area contributed by atoms with Gasteiger partial charge >= 0.3 is 0 Å². The first kappa shape index (κ1) is 16.0. The normalized spacial score (nSPS) is 12.7. The van der Waals surface area contributed by atoms with Gasteiger partial charge in [0.05, 0.1) is 0 Å². The Kier molecular flexibility index (Phi) is 5.34. The van der Waals surface area contributed by atoms with E-state index in [9.17, 15) is 4.39 Å². The Balaban J connectivity index is 2.25. The first-order chi connectivity index (χ1) is 10.0. The van der Waals surface area contributed by atoms with Crippen LogP contribution in [0.5, 0.6) is 0 Å². The molecule has 0 heterocycles. The molecule has 21 heavy (non-hydrogen) atoms. The largest absolute Gasteiger partial charge is 0.329 e. The van der Waals surface area contributed by atoms with Gasteiger partial charge in [-0.05, 0) is 31.7 Å². The summed E-state index contributed by atoms with van der Waals surface area (Å²) in [5.41, 5.74) is 8.54. The lowest BCUT2D eigenvalue weighted by atomic mass is 10.0. The smallest absolute Gasteiger partial charge is 0.128 e. The number of nitrogens with zero attached hydrogens (tertiary/aromatic N) is 1. The van der Waals surface area contributed by atoms with E-state index in [-0.39, 0.29) is 11.9 Å². The summed E-state index contributed by atoms with van der Waals surface area (Å²) in [4.78, 5) is 2.03. The molecule has 1 atom stereocenters. The van der Waals surface area contributed by atoms with Gasteiger partial charge in [-0.15, -0.1) is 0 Å². The molecule has 2 rings (SSSR count). The number of aryl methyl sites for hydroxylation is 1. The van der Waals surface area contributed by atoms with Crippen LogP contribution in [0.15, 0.2) is 42.5 Å². The lowest BCUT2D eigenvalue weighted by Gasteiger charge is -2.28. The maximum atomic E-state index is 14.1. The number of nitrogens with two attached hydrogens (primary N) is 1. The summed E-state index contributed by atoms with van der Waals surface area (Å²) in [6.07, 6.45) is 0. The second kappa shape index (κ2) is 7.03. The summed E-state index contributed by atoms with van der Waals surface area (Å²) in [7, 11) is 1.93. The minimum atomic E-state index is -0.220. The minimum Gasteiger partial charge on any atom is -0.329 e. The summed E-state index contributed by atoms with van der Waals surface area (Å²) in [6, 6.07) is 12.6.